The van der Waals surface area contributed by atoms with Gasteiger partial charge in [0.2, 0.25) is 0 Å². The fraction of sp³-hybridized carbons (Fsp3) is 0.700. The van der Waals surface area contributed by atoms with E-state index in [4.69, 9.17) is 5.26 Å². The standard InChI is InChI=1S/C10H13N/c1-2-10(8-5-9-11)6-3-4-7-10/h2-4,6-7H2,1H3. The summed E-state index contributed by atoms with van der Waals surface area (Å²) in [6.07, 6.45) is 6.06. The summed E-state index contributed by atoms with van der Waals surface area (Å²) in [5.74, 6) is 5.62. The van der Waals surface area contributed by atoms with E-state index in [9.17, 15) is 0 Å². The molecule has 0 aromatic carbocycles. The summed E-state index contributed by atoms with van der Waals surface area (Å²) in [7, 11) is 0. The van der Waals surface area contributed by atoms with Crippen LogP contribution in [0.3, 0.4) is 0 Å². The lowest BCUT2D eigenvalue weighted by Crippen LogP contribution is -2.11. The van der Waals surface area contributed by atoms with Gasteiger partial charge in [0.05, 0.1) is 0 Å². The van der Waals surface area contributed by atoms with E-state index >= 15 is 0 Å². The third-order valence-corrected chi connectivity index (χ3v) is 2.62. The molecule has 1 nitrogen and oxygen atoms in total. The first kappa shape index (κ1) is 8.15. The van der Waals surface area contributed by atoms with Gasteiger partial charge in [-0.25, -0.2) is 0 Å². The normalized spacial score (nSPS) is 20.0. The Kier molecular flexibility index (Phi) is 2.55. The van der Waals surface area contributed by atoms with Gasteiger partial charge in [0, 0.05) is 11.3 Å². The molecule has 0 saturated heterocycles. The van der Waals surface area contributed by atoms with Gasteiger partial charge < -0.3 is 0 Å². The van der Waals surface area contributed by atoms with E-state index in [-0.39, 0.29) is 5.41 Å². The summed E-state index contributed by atoms with van der Waals surface area (Å²) in [5, 5.41) is 8.31. The molecule has 0 spiro atoms. The minimum Gasteiger partial charge on any atom is -0.183 e. The SMILES string of the molecule is CCC1(C#CC#N)CCCC1. The Balaban J connectivity index is 2.69. The minimum atomic E-state index is 0.204. The smallest absolute Gasteiger partial charge is 0.152 e. The molecule has 1 saturated carbocycles. The molecular weight excluding hydrogens is 134 g/mol. The van der Waals surface area contributed by atoms with Gasteiger partial charge in [0.25, 0.3) is 0 Å². The highest BCUT2D eigenvalue weighted by Gasteiger charge is 2.29. The zero-order valence-corrected chi connectivity index (χ0v) is 6.98. The lowest BCUT2D eigenvalue weighted by Gasteiger charge is -2.18. The fourth-order valence-corrected chi connectivity index (χ4v) is 1.78. The van der Waals surface area contributed by atoms with E-state index < -0.39 is 0 Å². The molecule has 1 aliphatic carbocycles. The van der Waals surface area contributed by atoms with Crippen molar-refractivity contribution in [3.8, 4) is 17.9 Å². The molecule has 0 heterocycles. The molecule has 0 radical (unpaired) electrons. The van der Waals surface area contributed by atoms with Crippen molar-refractivity contribution in [2.24, 2.45) is 5.41 Å². The Bertz CT molecular complexity index is 217. The largest absolute Gasteiger partial charge is 0.183 e. The van der Waals surface area contributed by atoms with Crippen LogP contribution in [-0.4, -0.2) is 0 Å². The average Bonchev–Trinajstić information content (AvgIpc) is 2.50. The zero-order valence-electron chi connectivity index (χ0n) is 6.98. The molecule has 1 rings (SSSR count). The molecular formula is C10H13N. The molecule has 58 valence electrons. The lowest BCUT2D eigenvalue weighted by atomic mass is 9.84. The number of hydrogen-bond donors (Lipinski definition) is 0. The maximum atomic E-state index is 8.31. The quantitative estimate of drug-likeness (QED) is 0.523. The fourth-order valence-electron chi connectivity index (χ4n) is 1.78. The second-order valence-corrected chi connectivity index (χ2v) is 3.20. The molecule has 0 amide bonds. The highest BCUT2D eigenvalue weighted by atomic mass is 14.3. The molecule has 1 fully saturated rings. The van der Waals surface area contributed by atoms with E-state index in [1.807, 2.05) is 6.07 Å². The van der Waals surface area contributed by atoms with Crippen LogP contribution in [0.15, 0.2) is 0 Å². The second kappa shape index (κ2) is 3.44. The van der Waals surface area contributed by atoms with Crippen LogP contribution in [0.2, 0.25) is 0 Å². The van der Waals surface area contributed by atoms with Crippen LogP contribution in [0.5, 0.6) is 0 Å². The van der Waals surface area contributed by atoms with E-state index in [1.54, 1.807) is 0 Å². The number of hydrogen-bond acceptors (Lipinski definition) is 1. The van der Waals surface area contributed by atoms with Crippen LogP contribution >= 0.6 is 0 Å². The van der Waals surface area contributed by atoms with Crippen molar-refractivity contribution in [2.45, 2.75) is 39.0 Å². The third-order valence-electron chi connectivity index (χ3n) is 2.62. The molecule has 1 aliphatic rings. The molecule has 11 heavy (non-hydrogen) atoms. The van der Waals surface area contributed by atoms with Crippen LogP contribution in [0.25, 0.3) is 0 Å². The molecule has 0 N–H and O–H groups in total. The summed E-state index contributed by atoms with van der Waals surface area (Å²) in [4.78, 5) is 0. The Morgan fingerprint density at radius 1 is 1.36 bits per heavy atom. The third kappa shape index (κ3) is 1.75. The highest BCUT2D eigenvalue weighted by molar-refractivity contribution is 5.23. The van der Waals surface area contributed by atoms with Gasteiger partial charge in [0.15, 0.2) is 6.07 Å². The van der Waals surface area contributed by atoms with E-state index in [1.165, 1.54) is 25.7 Å². The summed E-state index contributed by atoms with van der Waals surface area (Å²) in [6.45, 7) is 2.16. The highest BCUT2D eigenvalue weighted by Crippen LogP contribution is 2.40. The Morgan fingerprint density at radius 2 is 2.00 bits per heavy atom. The van der Waals surface area contributed by atoms with Crippen LogP contribution in [0.1, 0.15) is 39.0 Å². The van der Waals surface area contributed by atoms with Crippen LogP contribution in [0, 0.1) is 28.6 Å². The number of nitrogens with zero attached hydrogens (tertiary/aromatic N) is 1. The van der Waals surface area contributed by atoms with Crippen LogP contribution < -0.4 is 0 Å². The van der Waals surface area contributed by atoms with Crippen molar-refractivity contribution in [3.05, 3.63) is 0 Å². The molecule has 0 aliphatic heterocycles. The van der Waals surface area contributed by atoms with Crippen molar-refractivity contribution in [1.82, 2.24) is 0 Å². The summed E-state index contributed by atoms with van der Waals surface area (Å²) in [6, 6.07) is 1.89. The van der Waals surface area contributed by atoms with Gasteiger partial charge >= 0.3 is 0 Å². The van der Waals surface area contributed by atoms with Crippen LogP contribution in [-0.2, 0) is 0 Å². The van der Waals surface area contributed by atoms with Gasteiger partial charge in [-0.15, -0.1) is 0 Å². The minimum absolute atomic E-state index is 0.204. The lowest BCUT2D eigenvalue weighted by molar-refractivity contribution is 0.401. The molecule has 0 atom stereocenters. The van der Waals surface area contributed by atoms with Crippen molar-refractivity contribution >= 4 is 0 Å². The Morgan fingerprint density at radius 3 is 2.45 bits per heavy atom. The van der Waals surface area contributed by atoms with Crippen molar-refractivity contribution < 1.29 is 0 Å². The van der Waals surface area contributed by atoms with Crippen LogP contribution in [0.4, 0.5) is 0 Å². The predicted molar refractivity (Wildman–Crippen MR) is 44.6 cm³/mol. The summed E-state index contributed by atoms with van der Waals surface area (Å²) < 4.78 is 0. The second-order valence-electron chi connectivity index (χ2n) is 3.20. The summed E-state index contributed by atoms with van der Waals surface area (Å²) in [5.41, 5.74) is 0.204. The molecule has 0 bridgehead atoms. The average molecular weight is 147 g/mol. The maximum absolute atomic E-state index is 8.31. The first-order valence-corrected chi connectivity index (χ1v) is 4.24. The maximum Gasteiger partial charge on any atom is 0.152 e. The van der Waals surface area contributed by atoms with Crippen molar-refractivity contribution in [1.29, 1.82) is 5.26 Å². The van der Waals surface area contributed by atoms with E-state index in [0.29, 0.717) is 0 Å². The number of nitriles is 1. The van der Waals surface area contributed by atoms with Gasteiger partial charge in [0.1, 0.15) is 0 Å². The Hall–Kier alpha value is -0.950. The van der Waals surface area contributed by atoms with E-state index in [0.717, 1.165) is 6.42 Å². The van der Waals surface area contributed by atoms with Gasteiger partial charge in [-0.2, -0.15) is 5.26 Å². The number of rotatable bonds is 1. The van der Waals surface area contributed by atoms with Gasteiger partial charge in [-0.05, 0) is 19.3 Å². The van der Waals surface area contributed by atoms with E-state index in [2.05, 4.69) is 18.8 Å². The first-order valence-electron chi connectivity index (χ1n) is 4.24. The monoisotopic (exact) mass is 147 g/mol. The molecule has 1 heteroatoms. The first-order chi connectivity index (χ1) is 5.33. The predicted octanol–water partition coefficient (Wildman–Crippen LogP) is 2.48. The zero-order chi connectivity index (χ0) is 8.16. The molecule has 0 aromatic heterocycles. The topological polar surface area (TPSA) is 23.8 Å². The van der Waals surface area contributed by atoms with Crippen molar-refractivity contribution in [3.63, 3.8) is 0 Å². The molecule has 0 aromatic rings. The van der Waals surface area contributed by atoms with Crippen molar-refractivity contribution in [2.75, 3.05) is 0 Å². The van der Waals surface area contributed by atoms with Gasteiger partial charge in [-0.1, -0.05) is 25.7 Å². The summed E-state index contributed by atoms with van der Waals surface area (Å²) >= 11 is 0. The van der Waals surface area contributed by atoms with Gasteiger partial charge in [-0.3, -0.25) is 0 Å². The molecule has 0 unspecified atom stereocenters. The Labute approximate surface area is 68.4 Å².